The molecule has 0 fully saturated rings. The Hall–Kier alpha value is -3.14. The summed E-state index contributed by atoms with van der Waals surface area (Å²) in [4.78, 5) is 16.9. The molecule has 112 valence electrons. The fourth-order valence-electron chi connectivity index (χ4n) is 2.75. The standard InChI is InChI=1S/C19H14N2O2/c1-13-12-16(14-8-4-2-5-9-14)21-18(20-13)17(19(22)23-21)15-10-6-3-7-11-15/h2-12H,1H3. The number of hydrogen-bond acceptors (Lipinski definition) is 3. The largest absolute Gasteiger partial charge is 0.368 e. The number of nitrogens with zero attached hydrogens (tertiary/aromatic N) is 2. The molecule has 4 aromatic rings. The highest BCUT2D eigenvalue weighted by Gasteiger charge is 2.18. The average molecular weight is 302 g/mol. The summed E-state index contributed by atoms with van der Waals surface area (Å²) < 4.78 is 7.01. The van der Waals surface area contributed by atoms with Gasteiger partial charge in [-0.25, -0.2) is 9.78 Å². The zero-order chi connectivity index (χ0) is 15.8. The van der Waals surface area contributed by atoms with Gasteiger partial charge in [-0.2, -0.15) is 4.57 Å². The summed E-state index contributed by atoms with van der Waals surface area (Å²) in [5.41, 5.74) is 4.08. The van der Waals surface area contributed by atoms with Gasteiger partial charge in [0, 0.05) is 11.3 Å². The molecule has 2 heterocycles. The monoisotopic (exact) mass is 302 g/mol. The second kappa shape index (κ2) is 5.25. The quantitative estimate of drug-likeness (QED) is 0.563. The molecular weight excluding hydrogens is 288 g/mol. The van der Waals surface area contributed by atoms with Gasteiger partial charge in [0.2, 0.25) is 0 Å². The summed E-state index contributed by atoms with van der Waals surface area (Å²) in [5, 5.41) is 0. The molecule has 0 amide bonds. The van der Waals surface area contributed by atoms with E-state index in [0.717, 1.165) is 22.5 Å². The first-order valence-corrected chi connectivity index (χ1v) is 7.38. The van der Waals surface area contributed by atoms with E-state index in [1.807, 2.05) is 73.7 Å². The van der Waals surface area contributed by atoms with Gasteiger partial charge in [0.25, 0.3) is 0 Å². The highest BCUT2D eigenvalue weighted by atomic mass is 16.5. The molecule has 0 atom stereocenters. The van der Waals surface area contributed by atoms with Crippen LogP contribution in [0.2, 0.25) is 0 Å². The first-order valence-electron chi connectivity index (χ1n) is 7.38. The van der Waals surface area contributed by atoms with Crippen molar-refractivity contribution in [2.75, 3.05) is 0 Å². The minimum absolute atomic E-state index is 0.383. The normalized spacial score (nSPS) is 11.0. The Morgan fingerprint density at radius 3 is 2.17 bits per heavy atom. The predicted octanol–water partition coefficient (Wildman–Crippen LogP) is 3.93. The van der Waals surface area contributed by atoms with Crippen LogP contribution < -0.4 is 5.63 Å². The molecule has 23 heavy (non-hydrogen) atoms. The van der Waals surface area contributed by atoms with Crippen molar-refractivity contribution in [3.05, 3.63) is 82.8 Å². The summed E-state index contributed by atoms with van der Waals surface area (Å²) in [7, 11) is 0. The van der Waals surface area contributed by atoms with E-state index in [-0.39, 0.29) is 5.63 Å². The number of benzene rings is 2. The molecule has 0 bridgehead atoms. The third-order valence-corrected chi connectivity index (χ3v) is 3.77. The fourth-order valence-corrected chi connectivity index (χ4v) is 2.75. The van der Waals surface area contributed by atoms with Crippen molar-refractivity contribution in [1.82, 2.24) is 9.56 Å². The van der Waals surface area contributed by atoms with E-state index in [1.54, 1.807) is 0 Å². The molecule has 2 aromatic carbocycles. The molecular formula is C19H14N2O2. The van der Waals surface area contributed by atoms with Crippen LogP contribution in [0.1, 0.15) is 5.69 Å². The van der Waals surface area contributed by atoms with Gasteiger partial charge in [-0.3, -0.25) is 0 Å². The maximum atomic E-state index is 12.4. The molecule has 0 aliphatic rings. The smallest absolute Gasteiger partial charge is 0.329 e. The van der Waals surface area contributed by atoms with Crippen LogP contribution in [-0.4, -0.2) is 9.56 Å². The van der Waals surface area contributed by atoms with Gasteiger partial charge in [0.15, 0.2) is 5.65 Å². The predicted molar refractivity (Wildman–Crippen MR) is 89.3 cm³/mol. The van der Waals surface area contributed by atoms with Gasteiger partial charge in [0.1, 0.15) is 5.56 Å². The molecule has 0 radical (unpaired) electrons. The average Bonchev–Trinajstić information content (AvgIpc) is 2.91. The first kappa shape index (κ1) is 13.5. The number of aryl methyl sites for hydroxylation is 1. The van der Waals surface area contributed by atoms with Gasteiger partial charge in [-0.15, -0.1) is 0 Å². The lowest BCUT2D eigenvalue weighted by Crippen LogP contribution is -1.96. The minimum atomic E-state index is -0.383. The SMILES string of the molecule is Cc1cc(-c2ccccc2)n2oc(=O)c(-c3ccccc3)c2n1. The number of fused-ring (bicyclic) bond motifs is 1. The van der Waals surface area contributed by atoms with Crippen molar-refractivity contribution in [1.29, 1.82) is 0 Å². The summed E-state index contributed by atoms with van der Waals surface area (Å²) in [6, 6.07) is 21.2. The molecule has 0 spiro atoms. The molecule has 4 heteroatoms. The van der Waals surface area contributed by atoms with E-state index < -0.39 is 0 Å². The second-order valence-electron chi connectivity index (χ2n) is 5.39. The van der Waals surface area contributed by atoms with E-state index in [0.29, 0.717) is 11.2 Å². The van der Waals surface area contributed by atoms with E-state index in [9.17, 15) is 4.79 Å². The van der Waals surface area contributed by atoms with E-state index in [2.05, 4.69) is 4.98 Å². The van der Waals surface area contributed by atoms with Gasteiger partial charge >= 0.3 is 5.63 Å². The summed E-state index contributed by atoms with van der Waals surface area (Å²) in [6.07, 6.45) is 0. The number of aromatic nitrogens is 2. The minimum Gasteiger partial charge on any atom is -0.329 e. The molecule has 4 rings (SSSR count). The van der Waals surface area contributed by atoms with Crippen LogP contribution in [0.25, 0.3) is 28.0 Å². The molecule has 0 saturated heterocycles. The van der Waals surface area contributed by atoms with Gasteiger partial charge in [-0.05, 0) is 18.6 Å². The highest BCUT2D eigenvalue weighted by molar-refractivity contribution is 5.78. The zero-order valence-corrected chi connectivity index (χ0v) is 12.6. The summed E-state index contributed by atoms with van der Waals surface area (Å²) in [5.74, 6) is 0. The Bertz CT molecular complexity index is 1030. The fraction of sp³-hybridized carbons (Fsp3) is 0.0526. The third-order valence-electron chi connectivity index (χ3n) is 3.77. The molecule has 0 unspecified atom stereocenters. The topological polar surface area (TPSA) is 47.5 Å². The van der Waals surface area contributed by atoms with Crippen LogP contribution >= 0.6 is 0 Å². The van der Waals surface area contributed by atoms with Crippen molar-refractivity contribution >= 4 is 5.65 Å². The van der Waals surface area contributed by atoms with Crippen LogP contribution in [0.5, 0.6) is 0 Å². The Balaban J connectivity index is 2.08. The highest BCUT2D eigenvalue weighted by Crippen LogP contribution is 2.26. The maximum absolute atomic E-state index is 12.4. The first-order chi connectivity index (χ1) is 11.2. The lowest BCUT2D eigenvalue weighted by molar-refractivity contribution is 0.352. The van der Waals surface area contributed by atoms with E-state index >= 15 is 0 Å². The van der Waals surface area contributed by atoms with Crippen LogP contribution in [0.3, 0.4) is 0 Å². The molecule has 0 aliphatic heterocycles. The Kier molecular flexibility index (Phi) is 3.08. The summed E-state index contributed by atoms with van der Waals surface area (Å²) in [6.45, 7) is 1.92. The van der Waals surface area contributed by atoms with Crippen LogP contribution in [-0.2, 0) is 0 Å². The van der Waals surface area contributed by atoms with Gasteiger partial charge < -0.3 is 4.52 Å². The number of hydrogen-bond donors (Lipinski definition) is 0. The molecule has 2 aromatic heterocycles. The van der Waals surface area contributed by atoms with Crippen molar-refractivity contribution in [2.45, 2.75) is 6.92 Å². The van der Waals surface area contributed by atoms with Crippen molar-refractivity contribution < 1.29 is 4.52 Å². The Morgan fingerprint density at radius 2 is 1.52 bits per heavy atom. The van der Waals surface area contributed by atoms with Crippen LogP contribution in [0.15, 0.2) is 76.0 Å². The number of rotatable bonds is 2. The van der Waals surface area contributed by atoms with Gasteiger partial charge in [-0.1, -0.05) is 60.7 Å². The van der Waals surface area contributed by atoms with Crippen LogP contribution in [0.4, 0.5) is 0 Å². The second-order valence-corrected chi connectivity index (χ2v) is 5.39. The molecule has 0 N–H and O–H groups in total. The Morgan fingerprint density at radius 1 is 0.913 bits per heavy atom. The molecule has 0 aliphatic carbocycles. The van der Waals surface area contributed by atoms with Gasteiger partial charge in [0.05, 0.1) is 5.69 Å². The Labute approximate surface area is 132 Å². The lowest BCUT2D eigenvalue weighted by atomic mass is 10.1. The third kappa shape index (κ3) is 2.25. The summed E-state index contributed by atoms with van der Waals surface area (Å²) >= 11 is 0. The lowest BCUT2D eigenvalue weighted by Gasteiger charge is -2.06. The van der Waals surface area contributed by atoms with Crippen molar-refractivity contribution in [3.63, 3.8) is 0 Å². The molecule has 0 saturated carbocycles. The van der Waals surface area contributed by atoms with E-state index in [4.69, 9.17) is 4.52 Å². The van der Waals surface area contributed by atoms with Crippen molar-refractivity contribution in [3.8, 4) is 22.4 Å². The zero-order valence-electron chi connectivity index (χ0n) is 12.6. The van der Waals surface area contributed by atoms with Crippen molar-refractivity contribution in [2.24, 2.45) is 0 Å². The van der Waals surface area contributed by atoms with E-state index in [1.165, 1.54) is 4.57 Å². The molecule has 4 nitrogen and oxygen atoms in total. The van der Waals surface area contributed by atoms with Crippen LogP contribution in [0, 0.1) is 6.92 Å². The maximum Gasteiger partial charge on any atom is 0.368 e.